The molecule has 8 heteroatoms. The van der Waals surface area contributed by atoms with Crippen LogP contribution in [0, 0.1) is 20.8 Å². The average Bonchev–Trinajstić information content (AvgIpc) is 2.65. The molecule has 0 amide bonds. The van der Waals surface area contributed by atoms with Crippen LogP contribution in [0.4, 0.5) is 0 Å². The number of rotatable bonds is 6. The van der Waals surface area contributed by atoms with Gasteiger partial charge in [0.25, 0.3) is 5.56 Å². The molecular weight excluding hydrogens is 376 g/mol. The van der Waals surface area contributed by atoms with Crippen LogP contribution >= 0.6 is 11.8 Å². The maximum Gasteiger partial charge on any atom is 0.306 e. The predicted molar refractivity (Wildman–Crippen MR) is 108 cm³/mol. The maximum atomic E-state index is 12.3. The van der Waals surface area contributed by atoms with Crippen molar-refractivity contribution >= 4 is 23.4 Å². The number of hydrogen-bond donors (Lipinski definition) is 0. The first kappa shape index (κ1) is 20.0. The summed E-state index contributed by atoms with van der Waals surface area (Å²) in [6.45, 7) is 5.65. The van der Waals surface area contributed by atoms with E-state index in [0.717, 1.165) is 27.8 Å². The largest absolute Gasteiger partial charge is 0.459 e. The van der Waals surface area contributed by atoms with Crippen molar-refractivity contribution in [1.82, 2.24) is 19.4 Å². The lowest BCUT2D eigenvalue weighted by molar-refractivity contribution is -0.145. The van der Waals surface area contributed by atoms with Gasteiger partial charge in [-0.2, -0.15) is 0 Å². The molecule has 0 aliphatic heterocycles. The molecule has 7 nitrogen and oxygen atoms in total. The lowest BCUT2D eigenvalue weighted by Gasteiger charge is -2.10. The molecule has 0 unspecified atom stereocenters. The Kier molecular flexibility index (Phi) is 6.08. The van der Waals surface area contributed by atoms with E-state index in [1.165, 1.54) is 22.2 Å². The number of pyridine rings is 1. The summed E-state index contributed by atoms with van der Waals surface area (Å²) in [4.78, 5) is 37.7. The Balaban J connectivity index is 1.64. The van der Waals surface area contributed by atoms with Gasteiger partial charge in [0.2, 0.25) is 0 Å². The lowest BCUT2D eigenvalue weighted by Crippen LogP contribution is -2.18. The molecule has 0 radical (unpaired) electrons. The number of esters is 1. The van der Waals surface area contributed by atoms with E-state index in [-0.39, 0.29) is 24.6 Å². The Morgan fingerprint density at radius 2 is 1.86 bits per heavy atom. The summed E-state index contributed by atoms with van der Waals surface area (Å²) >= 11 is 1.49. The molecule has 0 N–H and O–H groups in total. The Labute approximate surface area is 167 Å². The molecule has 0 saturated carbocycles. The van der Waals surface area contributed by atoms with Gasteiger partial charge in [0, 0.05) is 29.6 Å². The highest BCUT2D eigenvalue weighted by Gasteiger charge is 2.12. The molecule has 0 bridgehead atoms. The van der Waals surface area contributed by atoms with Crippen molar-refractivity contribution in [3.8, 4) is 0 Å². The zero-order valence-corrected chi connectivity index (χ0v) is 17.2. The van der Waals surface area contributed by atoms with Gasteiger partial charge in [-0.05, 0) is 51.1 Å². The van der Waals surface area contributed by atoms with Crippen molar-refractivity contribution in [2.45, 2.75) is 45.4 Å². The van der Waals surface area contributed by atoms with Crippen LogP contribution in [0.25, 0.3) is 5.65 Å². The van der Waals surface area contributed by atoms with Crippen LogP contribution in [0.3, 0.4) is 0 Å². The Morgan fingerprint density at radius 3 is 2.54 bits per heavy atom. The summed E-state index contributed by atoms with van der Waals surface area (Å²) in [5.41, 5.74) is 4.31. The number of carbonyl (C=O) groups is 1. The summed E-state index contributed by atoms with van der Waals surface area (Å²) < 4.78 is 6.84. The van der Waals surface area contributed by atoms with E-state index in [4.69, 9.17) is 4.74 Å². The van der Waals surface area contributed by atoms with Crippen LogP contribution in [0.15, 0.2) is 34.2 Å². The van der Waals surface area contributed by atoms with Crippen LogP contribution in [-0.2, 0) is 22.6 Å². The smallest absolute Gasteiger partial charge is 0.306 e. The predicted octanol–water partition coefficient (Wildman–Crippen LogP) is 2.81. The van der Waals surface area contributed by atoms with Crippen LogP contribution in [0.1, 0.15) is 34.8 Å². The SMILES string of the molecule is CSc1nc(C)c(CCC(=O)OCc2cc(=O)n3c(C)cccc3n2)c(C)n1. The van der Waals surface area contributed by atoms with E-state index in [0.29, 0.717) is 17.8 Å². The molecule has 0 aliphatic carbocycles. The second-order valence-electron chi connectivity index (χ2n) is 6.47. The van der Waals surface area contributed by atoms with Crippen LogP contribution in [-0.4, -0.2) is 31.6 Å². The molecule has 3 rings (SSSR count). The van der Waals surface area contributed by atoms with Crippen LogP contribution in [0.5, 0.6) is 0 Å². The van der Waals surface area contributed by atoms with Crippen LogP contribution < -0.4 is 5.56 Å². The molecule has 3 aromatic heterocycles. The van der Waals surface area contributed by atoms with Gasteiger partial charge in [-0.15, -0.1) is 0 Å². The summed E-state index contributed by atoms with van der Waals surface area (Å²) in [7, 11) is 0. The molecule has 0 fully saturated rings. The summed E-state index contributed by atoms with van der Waals surface area (Å²) in [5, 5.41) is 0.727. The van der Waals surface area contributed by atoms with Gasteiger partial charge >= 0.3 is 5.97 Å². The van der Waals surface area contributed by atoms with Crippen molar-refractivity contribution < 1.29 is 9.53 Å². The van der Waals surface area contributed by atoms with E-state index in [1.54, 1.807) is 6.07 Å². The highest BCUT2D eigenvalue weighted by atomic mass is 32.2. The van der Waals surface area contributed by atoms with Crippen molar-refractivity contribution in [1.29, 1.82) is 0 Å². The third-order valence-electron chi connectivity index (χ3n) is 4.48. The minimum absolute atomic E-state index is 0.0294. The van der Waals surface area contributed by atoms with Crippen molar-refractivity contribution in [3.63, 3.8) is 0 Å². The Bertz CT molecular complexity index is 1070. The first-order chi connectivity index (χ1) is 13.4. The van der Waals surface area contributed by atoms with Crippen molar-refractivity contribution in [3.05, 3.63) is 63.0 Å². The third-order valence-corrected chi connectivity index (χ3v) is 5.02. The van der Waals surface area contributed by atoms with Gasteiger partial charge in [0.05, 0.1) is 5.69 Å². The maximum absolute atomic E-state index is 12.3. The average molecular weight is 398 g/mol. The highest BCUT2D eigenvalue weighted by Crippen LogP contribution is 2.17. The number of aryl methyl sites for hydroxylation is 3. The number of carbonyl (C=O) groups excluding carboxylic acids is 1. The van der Waals surface area contributed by atoms with Gasteiger partial charge < -0.3 is 4.74 Å². The van der Waals surface area contributed by atoms with Gasteiger partial charge in [-0.3, -0.25) is 14.0 Å². The van der Waals surface area contributed by atoms with Gasteiger partial charge in [-0.25, -0.2) is 15.0 Å². The molecule has 3 aromatic rings. The van der Waals surface area contributed by atoms with Gasteiger partial charge in [0.15, 0.2) is 5.16 Å². The Hall–Kier alpha value is -2.74. The first-order valence-corrected chi connectivity index (χ1v) is 10.1. The van der Waals surface area contributed by atoms with E-state index in [1.807, 2.05) is 39.2 Å². The van der Waals surface area contributed by atoms with E-state index < -0.39 is 0 Å². The van der Waals surface area contributed by atoms with E-state index in [9.17, 15) is 9.59 Å². The van der Waals surface area contributed by atoms with Crippen molar-refractivity contribution in [2.24, 2.45) is 0 Å². The molecule has 0 atom stereocenters. The normalized spacial score (nSPS) is 11.0. The highest BCUT2D eigenvalue weighted by molar-refractivity contribution is 7.98. The lowest BCUT2D eigenvalue weighted by atomic mass is 10.1. The number of hydrogen-bond acceptors (Lipinski definition) is 7. The first-order valence-electron chi connectivity index (χ1n) is 8.91. The molecule has 0 saturated heterocycles. The van der Waals surface area contributed by atoms with Gasteiger partial charge in [-0.1, -0.05) is 17.8 Å². The number of thioether (sulfide) groups is 1. The van der Waals surface area contributed by atoms with Crippen molar-refractivity contribution in [2.75, 3.05) is 6.26 Å². The number of aromatic nitrogens is 4. The summed E-state index contributed by atoms with van der Waals surface area (Å²) in [6.07, 6.45) is 2.66. The molecule has 3 heterocycles. The minimum Gasteiger partial charge on any atom is -0.459 e. The molecule has 0 aromatic carbocycles. The number of fused-ring (bicyclic) bond motifs is 1. The Morgan fingerprint density at radius 1 is 1.14 bits per heavy atom. The molecular formula is C20H22N4O3S. The zero-order chi connectivity index (χ0) is 20.3. The second-order valence-corrected chi connectivity index (χ2v) is 7.24. The van der Waals surface area contributed by atoms with E-state index in [2.05, 4.69) is 15.0 Å². The topological polar surface area (TPSA) is 86.5 Å². The fourth-order valence-corrected chi connectivity index (χ4v) is 3.51. The quantitative estimate of drug-likeness (QED) is 0.358. The standard InChI is InChI=1S/C20H22N4O3S/c1-12-6-5-7-17-23-15(10-18(25)24(12)17)11-27-19(26)9-8-16-13(2)21-20(28-4)22-14(16)3/h5-7,10H,8-9,11H2,1-4H3. The summed E-state index contributed by atoms with van der Waals surface area (Å²) in [6, 6.07) is 6.83. The third kappa shape index (κ3) is 4.39. The number of ether oxygens (including phenoxy) is 1. The molecule has 146 valence electrons. The number of nitrogens with zero attached hydrogens (tertiary/aromatic N) is 4. The monoisotopic (exact) mass is 398 g/mol. The van der Waals surface area contributed by atoms with Crippen LogP contribution in [0.2, 0.25) is 0 Å². The van der Waals surface area contributed by atoms with E-state index >= 15 is 0 Å². The second kappa shape index (κ2) is 8.52. The molecule has 28 heavy (non-hydrogen) atoms. The molecule has 0 aliphatic rings. The zero-order valence-electron chi connectivity index (χ0n) is 16.4. The fraction of sp³-hybridized carbons (Fsp3) is 0.350. The van der Waals surface area contributed by atoms with Gasteiger partial charge in [0.1, 0.15) is 12.3 Å². The molecule has 0 spiro atoms. The summed E-state index contributed by atoms with van der Waals surface area (Å²) in [5.74, 6) is -0.348. The minimum atomic E-state index is -0.348. The fourth-order valence-electron chi connectivity index (χ4n) is 3.05.